The van der Waals surface area contributed by atoms with Crippen LogP contribution in [-0.2, 0) is 11.3 Å². The van der Waals surface area contributed by atoms with Gasteiger partial charge in [0.1, 0.15) is 12.4 Å². The summed E-state index contributed by atoms with van der Waals surface area (Å²) in [5, 5.41) is 15.7. The average Bonchev–Trinajstić information content (AvgIpc) is 3.11. The molecule has 1 heterocycles. The van der Waals surface area contributed by atoms with E-state index >= 15 is 0 Å². The first kappa shape index (κ1) is 18.4. The summed E-state index contributed by atoms with van der Waals surface area (Å²) >= 11 is 0. The van der Waals surface area contributed by atoms with Gasteiger partial charge in [0.05, 0.1) is 6.21 Å². The van der Waals surface area contributed by atoms with Gasteiger partial charge in [-0.1, -0.05) is 38.1 Å². The number of amides is 1. The molecule has 2 aromatic carbocycles. The third-order valence-corrected chi connectivity index (χ3v) is 3.85. The molecular weight excluding hydrogens is 347 g/mol. The van der Waals surface area contributed by atoms with Crippen LogP contribution in [0.5, 0.6) is 0 Å². The van der Waals surface area contributed by atoms with Crippen LogP contribution in [0.15, 0.2) is 53.6 Å². The molecule has 0 atom stereocenters. The fourth-order valence-corrected chi connectivity index (χ4v) is 2.33. The first-order valence-electron chi connectivity index (χ1n) is 8.47. The summed E-state index contributed by atoms with van der Waals surface area (Å²) in [6, 6.07) is 13.7. The summed E-state index contributed by atoms with van der Waals surface area (Å²) in [4.78, 5) is 13.1. The minimum atomic E-state index is -0.381. The van der Waals surface area contributed by atoms with Gasteiger partial charge in [0, 0.05) is 5.56 Å². The summed E-state index contributed by atoms with van der Waals surface area (Å²) in [6.45, 7) is 4.13. The molecule has 0 unspecified atom stereocenters. The highest BCUT2D eigenvalue weighted by Gasteiger charge is 2.09. The van der Waals surface area contributed by atoms with Crippen molar-refractivity contribution in [3.05, 3.63) is 65.5 Å². The van der Waals surface area contributed by atoms with E-state index in [4.69, 9.17) is 0 Å². The van der Waals surface area contributed by atoms with Crippen molar-refractivity contribution in [3.8, 4) is 11.4 Å². The Hall–Kier alpha value is -3.42. The Bertz CT molecular complexity index is 932. The van der Waals surface area contributed by atoms with Gasteiger partial charge in [-0.3, -0.25) is 4.79 Å². The molecule has 138 valence electrons. The quantitative estimate of drug-likeness (QED) is 0.537. The van der Waals surface area contributed by atoms with E-state index in [2.05, 4.69) is 39.8 Å². The second-order valence-corrected chi connectivity index (χ2v) is 6.26. The van der Waals surface area contributed by atoms with Crippen molar-refractivity contribution in [2.45, 2.75) is 26.3 Å². The van der Waals surface area contributed by atoms with E-state index in [0.717, 1.165) is 10.4 Å². The first-order chi connectivity index (χ1) is 13.0. The molecule has 8 heteroatoms. The van der Waals surface area contributed by atoms with Gasteiger partial charge in [-0.15, -0.1) is 10.2 Å². The third kappa shape index (κ3) is 5.04. The molecule has 3 rings (SSSR count). The smallest absolute Gasteiger partial charge is 0.263 e. The zero-order chi connectivity index (χ0) is 19.2. The standard InChI is InChI=1S/C19H19FN6O/c1-13(2)15-5-3-14(4-6-15)11-21-22-18(27)12-26-24-19(23-25-26)16-7-9-17(20)10-8-16/h3-11,13H,12H2,1-2H3,(H,22,27)/b21-11+. The Morgan fingerprint density at radius 2 is 1.89 bits per heavy atom. The number of nitrogens with one attached hydrogen (secondary N) is 1. The van der Waals surface area contributed by atoms with Gasteiger partial charge in [-0.05, 0) is 46.5 Å². The van der Waals surface area contributed by atoms with Crippen molar-refractivity contribution in [2.75, 3.05) is 0 Å². The molecule has 0 aliphatic carbocycles. The fraction of sp³-hybridized carbons (Fsp3) is 0.211. The molecule has 0 aliphatic rings. The Morgan fingerprint density at radius 1 is 1.19 bits per heavy atom. The van der Waals surface area contributed by atoms with Crippen LogP contribution in [-0.4, -0.2) is 32.3 Å². The molecule has 0 radical (unpaired) electrons. The Balaban J connectivity index is 1.54. The molecule has 0 bridgehead atoms. The largest absolute Gasteiger partial charge is 0.271 e. The number of benzene rings is 2. The van der Waals surface area contributed by atoms with Crippen molar-refractivity contribution in [2.24, 2.45) is 5.10 Å². The van der Waals surface area contributed by atoms with Crippen LogP contribution in [0.3, 0.4) is 0 Å². The number of halogens is 1. The van der Waals surface area contributed by atoms with Gasteiger partial charge < -0.3 is 0 Å². The second kappa shape index (κ2) is 8.31. The lowest BCUT2D eigenvalue weighted by Crippen LogP contribution is -2.24. The SMILES string of the molecule is CC(C)c1ccc(/C=N/NC(=O)Cn2nnc(-c3ccc(F)cc3)n2)cc1. The summed E-state index contributed by atoms with van der Waals surface area (Å²) in [7, 11) is 0. The maximum Gasteiger partial charge on any atom is 0.263 e. The molecule has 3 aromatic rings. The number of nitrogens with zero attached hydrogens (tertiary/aromatic N) is 5. The minimum Gasteiger partial charge on any atom is -0.271 e. The number of hydrogen-bond acceptors (Lipinski definition) is 5. The molecule has 0 fully saturated rings. The van der Waals surface area contributed by atoms with Crippen molar-refractivity contribution in [3.63, 3.8) is 0 Å². The fourth-order valence-electron chi connectivity index (χ4n) is 2.33. The zero-order valence-electron chi connectivity index (χ0n) is 15.0. The maximum absolute atomic E-state index is 12.9. The lowest BCUT2D eigenvalue weighted by molar-refractivity contribution is -0.122. The van der Waals surface area contributed by atoms with Crippen molar-refractivity contribution < 1.29 is 9.18 Å². The van der Waals surface area contributed by atoms with Crippen LogP contribution in [0.2, 0.25) is 0 Å². The van der Waals surface area contributed by atoms with Crippen LogP contribution < -0.4 is 5.43 Å². The summed E-state index contributed by atoms with van der Waals surface area (Å²) in [5.74, 6) is 0.0533. The average molecular weight is 366 g/mol. The topological polar surface area (TPSA) is 85.1 Å². The summed E-state index contributed by atoms with van der Waals surface area (Å²) in [6.07, 6.45) is 1.57. The molecular formula is C19H19FN6O. The minimum absolute atomic E-state index is 0.127. The molecule has 27 heavy (non-hydrogen) atoms. The van der Waals surface area contributed by atoms with Gasteiger partial charge in [0.2, 0.25) is 5.82 Å². The maximum atomic E-state index is 12.9. The van der Waals surface area contributed by atoms with E-state index in [0.29, 0.717) is 17.3 Å². The predicted molar refractivity (Wildman–Crippen MR) is 99.5 cm³/mol. The summed E-state index contributed by atoms with van der Waals surface area (Å²) < 4.78 is 12.9. The van der Waals surface area contributed by atoms with Crippen LogP contribution in [0, 0.1) is 5.82 Å². The zero-order valence-corrected chi connectivity index (χ0v) is 15.0. The van der Waals surface area contributed by atoms with Gasteiger partial charge >= 0.3 is 0 Å². The number of aromatic nitrogens is 4. The van der Waals surface area contributed by atoms with Crippen LogP contribution in [0.25, 0.3) is 11.4 Å². The van der Waals surface area contributed by atoms with Crippen LogP contribution >= 0.6 is 0 Å². The van der Waals surface area contributed by atoms with E-state index in [-0.39, 0.29) is 18.3 Å². The lowest BCUT2D eigenvalue weighted by Gasteiger charge is -2.04. The molecule has 0 saturated carbocycles. The predicted octanol–water partition coefficient (Wildman–Crippen LogP) is 2.75. The van der Waals surface area contributed by atoms with E-state index < -0.39 is 0 Å². The van der Waals surface area contributed by atoms with E-state index in [1.54, 1.807) is 18.3 Å². The number of carbonyl (C=O) groups is 1. The first-order valence-corrected chi connectivity index (χ1v) is 8.47. The van der Waals surface area contributed by atoms with Gasteiger partial charge in [0.25, 0.3) is 5.91 Å². The number of hydrazone groups is 1. The third-order valence-electron chi connectivity index (χ3n) is 3.85. The van der Waals surface area contributed by atoms with Crippen molar-refractivity contribution in [1.82, 2.24) is 25.6 Å². The lowest BCUT2D eigenvalue weighted by atomic mass is 10.0. The summed E-state index contributed by atoms with van der Waals surface area (Å²) in [5.41, 5.74) is 5.17. The number of tetrazole rings is 1. The van der Waals surface area contributed by atoms with E-state index in [1.807, 2.05) is 24.3 Å². The molecule has 7 nitrogen and oxygen atoms in total. The van der Waals surface area contributed by atoms with Crippen LogP contribution in [0.4, 0.5) is 4.39 Å². The van der Waals surface area contributed by atoms with Gasteiger partial charge in [-0.2, -0.15) is 9.90 Å². The van der Waals surface area contributed by atoms with Crippen molar-refractivity contribution >= 4 is 12.1 Å². The molecule has 1 amide bonds. The molecule has 0 spiro atoms. The normalized spacial score (nSPS) is 11.3. The highest BCUT2D eigenvalue weighted by atomic mass is 19.1. The highest BCUT2D eigenvalue weighted by Crippen LogP contribution is 2.14. The highest BCUT2D eigenvalue weighted by molar-refractivity contribution is 5.82. The monoisotopic (exact) mass is 366 g/mol. The van der Waals surface area contributed by atoms with E-state index in [1.165, 1.54) is 17.7 Å². The Kier molecular flexibility index (Phi) is 5.65. The van der Waals surface area contributed by atoms with Crippen molar-refractivity contribution in [1.29, 1.82) is 0 Å². The van der Waals surface area contributed by atoms with Crippen LogP contribution in [0.1, 0.15) is 30.9 Å². The Morgan fingerprint density at radius 3 is 2.56 bits per heavy atom. The molecule has 0 saturated heterocycles. The van der Waals surface area contributed by atoms with E-state index in [9.17, 15) is 9.18 Å². The number of rotatable bonds is 6. The molecule has 0 aliphatic heterocycles. The number of carbonyl (C=O) groups excluding carboxylic acids is 1. The molecule has 1 aromatic heterocycles. The second-order valence-electron chi connectivity index (χ2n) is 6.26. The molecule has 1 N–H and O–H groups in total. The number of hydrogen-bond donors (Lipinski definition) is 1. The van der Waals surface area contributed by atoms with Gasteiger partial charge in [0.15, 0.2) is 0 Å². The Labute approximate surface area is 155 Å². The van der Waals surface area contributed by atoms with Gasteiger partial charge in [-0.25, -0.2) is 9.82 Å².